The molecule has 1 aromatic carbocycles. The Morgan fingerprint density at radius 3 is 2.32 bits per heavy atom. The number of rotatable bonds is 8. The van der Waals surface area contributed by atoms with Crippen LogP contribution in [0.15, 0.2) is 24.3 Å². The first-order chi connectivity index (χ1) is 9.21. The van der Waals surface area contributed by atoms with Gasteiger partial charge in [0.25, 0.3) is 0 Å². The third-order valence-corrected chi connectivity index (χ3v) is 4.01. The average Bonchev–Trinajstić information content (AvgIpc) is 3.28. The van der Waals surface area contributed by atoms with Gasteiger partial charge >= 0.3 is 0 Å². The zero-order valence-corrected chi connectivity index (χ0v) is 12.1. The molecule has 1 saturated heterocycles. The monoisotopic (exact) mass is 264 g/mol. The fourth-order valence-corrected chi connectivity index (χ4v) is 2.29. The number of hydrogen-bond acceptors (Lipinski definition) is 3. The summed E-state index contributed by atoms with van der Waals surface area (Å²) in [5.74, 6) is 0.912. The van der Waals surface area contributed by atoms with E-state index in [1.807, 2.05) is 12.1 Å². The fraction of sp³-hybridized carbons (Fsp3) is 0.625. The maximum atomic E-state index is 5.71. The van der Waals surface area contributed by atoms with E-state index in [1.54, 1.807) is 7.11 Å². The minimum Gasteiger partial charge on any atom is -0.491 e. The molecule has 1 heterocycles. The maximum absolute atomic E-state index is 5.71. The van der Waals surface area contributed by atoms with Crippen LogP contribution in [0.2, 0.25) is 0 Å². The lowest BCUT2D eigenvalue weighted by molar-refractivity contribution is -0.0164. The summed E-state index contributed by atoms with van der Waals surface area (Å²) in [5.41, 5.74) is 1.25. The van der Waals surface area contributed by atoms with Gasteiger partial charge in [0, 0.05) is 13.5 Å². The van der Waals surface area contributed by atoms with E-state index in [9.17, 15) is 0 Å². The third kappa shape index (κ3) is 3.95. The molecule has 0 radical (unpaired) electrons. The second kappa shape index (κ2) is 6.40. The van der Waals surface area contributed by atoms with Crippen molar-refractivity contribution >= 4 is 0 Å². The van der Waals surface area contributed by atoms with Crippen LogP contribution >= 0.6 is 0 Å². The quantitative estimate of drug-likeness (QED) is 0.676. The molecule has 0 spiro atoms. The van der Waals surface area contributed by atoms with Gasteiger partial charge in [-0.2, -0.15) is 0 Å². The lowest BCUT2D eigenvalue weighted by atomic mass is 9.89. The average molecular weight is 264 g/mol. The zero-order chi connectivity index (χ0) is 13.7. The highest BCUT2D eigenvalue weighted by molar-refractivity contribution is 5.28. The maximum Gasteiger partial charge on any atom is 0.119 e. The topological polar surface area (TPSA) is 31.0 Å². The normalized spacial score (nSPS) is 18.4. The molecule has 106 valence electrons. The number of hydrogen-bond donors (Lipinski definition) is 0. The molecular weight excluding hydrogens is 240 g/mol. The minimum absolute atomic E-state index is 0.0375. The summed E-state index contributed by atoms with van der Waals surface area (Å²) < 4.78 is 16.5. The van der Waals surface area contributed by atoms with Crippen molar-refractivity contribution in [2.45, 2.75) is 44.8 Å². The van der Waals surface area contributed by atoms with Crippen LogP contribution in [0.5, 0.6) is 5.75 Å². The van der Waals surface area contributed by atoms with Gasteiger partial charge in [-0.15, -0.1) is 0 Å². The van der Waals surface area contributed by atoms with Gasteiger partial charge in [0.15, 0.2) is 0 Å². The smallest absolute Gasteiger partial charge is 0.119 e. The molecule has 3 nitrogen and oxygen atoms in total. The third-order valence-electron chi connectivity index (χ3n) is 4.01. The predicted octanol–water partition coefficient (Wildman–Crippen LogP) is 3.21. The molecular formula is C16H24O3. The first-order valence-electron chi connectivity index (χ1n) is 7.10. The van der Waals surface area contributed by atoms with E-state index in [2.05, 4.69) is 26.0 Å². The molecule has 0 amide bonds. The highest BCUT2D eigenvalue weighted by Gasteiger charge is 2.26. The highest BCUT2D eigenvalue weighted by atomic mass is 16.6. The standard InChI is InChI=1S/C16H24O3/c1-4-16(5-2,17-3)10-13-6-8-14(9-7-13)18-11-15-12-19-15/h6-9,15H,4-5,10-12H2,1-3H3. The van der Waals surface area contributed by atoms with Gasteiger partial charge in [0.1, 0.15) is 18.5 Å². The second-order valence-electron chi connectivity index (χ2n) is 5.18. The molecule has 0 saturated carbocycles. The van der Waals surface area contributed by atoms with Gasteiger partial charge in [-0.25, -0.2) is 0 Å². The summed E-state index contributed by atoms with van der Waals surface area (Å²) in [5, 5.41) is 0. The van der Waals surface area contributed by atoms with Crippen molar-refractivity contribution < 1.29 is 14.2 Å². The van der Waals surface area contributed by atoms with Gasteiger partial charge in [-0.05, 0) is 30.5 Å². The van der Waals surface area contributed by atoms with Crippen molar-refractivity contribution in [3.8, 4) is 5.75 Å². The lowest BCUT2D eigenvalue weighted by Gasteiger charge is -2.30. The van der Waals surface area contributed by atoms with Crippen molar-refractivity contribution in [3.05, 3.63) is 29.8 Å². The molecule has 3 heteroatoms. The van der Waals surface area contributed by atoms with Gasteiger partial charge < -0.3 is 14.2 Å². The summed E-state index contributed by atoms with van der Waals surface area (Å²) in [7, 11) is 1.81. The van der Waals surface area contributed by atoms with Gasteiger partial charge in [0.2, 0.25) is 0 Å². The van der Waals surface area contributed by atoms with Crippen molar-refractivity contribution in [3.63, 3.8) is 0 Å². The summed E-state index contributed by atoms with van der Waals surface area (Å²) in [6.45, 7) is 5.85. The molecule has 1 atom stereocenters. The van der Waals surface area contributed by atoms with Gasteiger partial charge in [-0.1, -0.05) is 26.0 Å². The molecule has 1 aliphatic heterocycles. The molecule has 1 aliphatic rings. The molecule has 0 bridgehead atoms. The second-order valence-corrected chi connectivity index (χ2v) is 5.18. The van der Waals surface area contributed by atoms with E-state index in [0.29, 0.717) is 12.7 Å². The van der Waals surface area contributed by atoms with Crippen molar-refractivity contribution in [2.24, 2.45) is 0 Å². The Labute approximate surface area is 115 Å². The van der Waals surface area contributed by atoms with Gasteiger partial charge in [-0.3, -0.25) is 0 Å². The van der Waals surface area contributed by atoms with Crippen LogP contribution in [0.1, 0.15) is 32.3 Å². The van der Waals surface area contributed by atoms with E-state index in [1.165, 1.54) is 5.56 Å². The molecule has 0 aliphatic carbocycles. The van der Waals surface area contributed by atoms with Crippen molar-refractivity contribution in [1.82, 2.24) is 0 Å². The first-order valence-corrected chi connectivity index (χ1v) is 7.10. The Bertz CT molecular complexity index is 369. The fourth-order valence-electron chi connectivity index (χ4n) is 2.29. The largest absolute Gasteiger partial charge is 0.491 e. The summed E-state index contributed by atoms with van der Waals surface area (Å²) in [6, 6.07) is 8.32. The molecule has 1 fully saturated rings. The van der Waals surface area contributed by atoms with Crippen LogP contribution in [0, 0.1) is 0 Å². The van der Waals surface area contributed by atoms with Crippen molar-refractivity contribution in [1.29, 1.82) is 0 Å². The summed E-state index contributed by atoms with van der Waals surface area (Å²) in [4.78, 5) is 0. The van der Waals surface area contributed by atoms with Crippen LogP contribution in [-0.2, 0) is 15.9 Å². The number of benzene rings is 1. The van der Waals surface area contributed by atoms with Crippen LogP contribution in [0.3, 0.4) is 0 Å². The summed E-state index contributed by atoms with van der Waals surface area (Å²) >= 11 is 0. The van der Waals surface area contributed by atoms with Crippen LogP contribution in [0.4, 0.5) is 0 Å². The van der Waals surface area contributed by atoms with E-state index >= 15 is 0 Å². The molecule has 0 aromatic heterocycles. The van der Waals surface area contributed by atoms with E-state index < -0.39 is 0 Å². The number of epoxide rings is 1. The Morgan fingerprint density at radius 1 is 1.21 bits per heavy atom. The molecule has 19 heavy (non-hydrogen) atoms. The molecule has 1 unspecified atom stereocenters. The van der Waals surface area contributed by atoms with Crippen LogP contribution < -0.4 is 4.74 Å². The summed E-state index contributed by atoms with van der Waals surface area (Å²) in [6.07, 6.45) is 3.30. The van der Waals surface area contributed by atoms with Crippen molar-refractivity contribution in [2.75, 3.05) is 20.3 Å². The molecule has 2 rings (SSSR count). The van der Waals surface area contributed by atoms with E-state index in [0.717, 1.165) is 31.6 Å². The van der Waals surface area contributed by atoms with Crippen LogP contribution in [-0.4, -0.2) is 32.0 Å². The Hall–Kier alpha value is -1.06. The van der Waals surface area contributed by atoms with E-state index in [-0.39, 0.29) is 5.60 Å². The highest BCUT2D eigenvalue weighted by Crippen LogP contribution is 2.26. The molecule has 1 aromatic rings. The Kier molecular flexibility index (Phi) is 4.83. The first kappa shape index (κ1) is 14.4. The predicted molar refractivity (Wildman–Crippen MR) is 75.7 cm³/mol. The number of ether oxygens (including phenoxy) is 3. The number of methoxy groups -OCH3 is 1. The van der Waals surface area contributed by atoms with E-state index in [4.69, 9.17) is 14.2 Å². The SMILES string of the molecule is CCC(CC)(Cc1ccc(OCC2CO2)cc1)OC. The zero-order valence-electron chi connectivity index (χ0n) is 12.1. The Morgan fingerprint density at radius 2 is 1.84 bits per heavy atom. The Balaban J connectivity index is 1.92. The van der Waals surface area contributed by atoms with Crippen LogP contribution in [0.25, 0.3) is 0 Å². The molecule has 0 N–H and O–H groups in total. The van der Waals surface area contributed by atoms with Gasteiger partial charge in [0.05, 0.1) is 12.2 Å². The minimum atomic E-state index is -0.0375. The lowest BCUT2D eigenvalue weighted by Crippen LogP contribution is -2.32.